The molecule has 0 spiro atoms. The van der Waals surface area contributed by atoms with Gasteiger partial charge in [0.15, 0.2) is 4.80 Å². The van der Waals surface area contributed by atoms with Gasteiger partial charge in [-0.2, -0.15) is 4.99 Å². The van der Waals surface area contributed by atoms with Gasteiger partial charge in [-0.25, -0.2) is 4.79 Å². The third-order valence-corrected chi connectivity index (χ3v) is 3.83. The van der Waals surface area contributed by atoms with Crippen molar-refractivity contribution in [2.75, 3.05) is 6.61 Å². The topological polar surface area (TPSA) is 86.7 Å². The number of esters is 1. The molecule has 20 heavy (non-hydrogen) atoms. The van der Waals surface area contributed by atoms with Crippen molar-refractivity contribution in [3.63, 3.8) is 0 Å². The molecule has 0 radical (unpaired) electrons. The Bertz CT molecular complexity index is 697. The average molecular weight is 295 g/mol. The van der Waals surface area contributed by atoms with Crippen LogP contribution in [0, 0.1) is 6.92 Å². The summed E-state index contributed by atoms with van der Waals surface area (Å²) in [6, 6.07) is 1.43. The van der Waals surface area contributed by atoms with Crippen molar-refractivity contribution >= 4 is 23.2 Å². The highest BCUT2D eigenvalue weighted by molar-refractivity contribution is 7.11. The van der Waals surface area contributed by atoms with E-state index in [4.69, 9.17) is 9.26 Å². The molecule has 0 aliphatic heterocycles. The first-order valence-electron chi connectivity index (χ1n) is 5.87. The molecular formula is C12H13N3O4S. The molecule has 0 aliphatic rings. The maximum Gasteiger partial charge on any atom is 0.350 e. The third kappa shape index (κ3) is 2.69. The fraction of sp³-hybridized carbons (Fsp3) is 0.333. The first-order chi connectivity index (χ1) is 9.54. The van der Waals surface area contributed by atoms with Crippen molar-refractivity contribution in [2.24, 2.45) is 12.0 Å². The van der Waals surface area contributed by atoms with Crippen molar-refractivity contribution < 1.29 is 18.8 Å². The Hall–Kier alpha value is -2.22. The van der Waals surface area contributed by atoms with Gasteiger partial charge in [0.2, 0.25) is 5.76 Å². The van der Waals surface area contributed by atoms with Crippen molar-refractivity contribution in [1.29, 1.82) is 0 Å². The summed E-state index contributed by atoms with van der Waals surface area (Å²) in [4.78, 5) is 28.3. The first kappa shape index (κ1) is 14.2. The summed E-state index contributed by atoms with van der Waals surface area (Å²) in [6.45, 7) is 3.80. The van der Waals surface area contributed by atoms with Gasteiger partial charge in [0.25, 0.3) is 0 Å². The van der Waals surface area contributed by atoms with E-state index in [1.165, 1.54) is 12.3 Å². The second-order valence-corrected chi connectivity index (χ2v) is 4.85. The fourth-order valence-electron chi connectivity index (χ4n) is 1.48. The maximum absolute atomic E-state index is 11.8. The molecule has 0 atom stereocenters. The van der Waals surface area contributed by atoms with Gasteiger partial charge >= 0.3 is 11.9 Å². The fourth-order valence-corrected chi connectivity index (χ4v) is 2.49. The summed E-state index contributed by atoms with van der Waals surface area (Å²) >= 11 is 1.10. The predicted molar refractivity (Wildman–Crippen MR) is 70.4 cm³/mol. The number of rotatable bonds is 3. The molecule has 0 aliphatic carbocycles. The summed E-state index contributed by atoms with van der Waals surface area (Å²) in [5, 5.41) is 3.45. The molecule has 0 unspecified atom stereocenters. The highest BCUT2D eigenvalue weighted by Gasteiger charge is 2.17. The molecule has 8 heteroatoms. The van der Waals surface area contributed by atoms with E-state index in [-0.39, 0.29) is 5.76 Å². The normalized spacial score (nSPS) is 11.7. The molecular weight excluding hydrogens is 282 g/mol. The Balaban J connectivity index is 2.41. The van der Waals surface area contributed by atoms with Crippen molar-refractivity contribution in [1.82, 2.24) is 9.72 Å². The van der Waals surface area contributed by atoms with Gasteiger partial charge in [0.05, 0.1) is 12.8 Å². The number of carbonyl (C=O) groups is 2. The highest BCUT2D eigenvalue weighted by Crippen LogP contribution is 2.12. The summed E-state index contributed by atoms with van der Waals surface area (Å²) in [5.41, 5.74) is 0.692. The minimum absolute atomic E-state index is 0.0498. The minimum atomic E-state index is -0.547. The van der Waals surface area contributed by atoms with Crippen LogP contribution in [0.3, 0.4) is 0 Å². The van der Waals surface area contributed by atoms with Crippen LogP contribution in [0.2, 0.25) is 0 Å². The van der Waals surface area contributed by atoms with E-state index >= 15 is 0 Å². The predicted octanol–water partition coefficient (Wildman–Crippen LogP) is 1.30. The third-order valence-electron chi connectivity index (χ3n) is 2.62. The molecule has 2 aromatic rings. The quantitative estimate of drug-likeness (QED) is 0.797. The molecule has 7 nitrogen and oxygen atoms in total. The summed E-state index contributed by atoms with van der Waals surface area (Å²) in [7, 11) is 1.72. The molecule has 0 aromatic carbocycles. The van der Waals surface area contributed by atoms with Crippen molar-refractivity contribution in [2.45, 2.75) is 13.8 Å². The van der Waals surface area contributed by atoms with Crippen LogP contribution in [-0.4, -0.2) is 28.2 Å². The van der Waals surface area contributed by atoms with E-state index in [0.717, 1.165) is 11.3 Å². The van der Waals surface area contributed by atoms with Crippen molar-refractivity contribution in [3.05, 3.63) is 33.4 Å². The summed E-state index contributed by atoms with van der Waals surface area (Å²) in [5.74, 6) is -0.914. The van der Waals surface area contributed by atoms with Crippen LogP contribution in [-0.2, 0) is 11.8 Å². The number of ether oxygens (including phenoxy) is 1. The van der Waals surface area contributed by atoms with E-state index in [0.29, 0.717) is 22.0 Å². The number of carbonyl (C=O) groups excluding carboxylic acids is 2. The lowest BCUT2D eigenvalue weighted by atomic mass is 10.4. The molecule has 1 amide bonds. The van der Waals surface area contributed by atoms with E-state index in [1.54, 1.807) is 25.5 Å². The van der Waals surface area contributed by atoms with Gasteiger partial charge in [-0.3, -0.25) is 4.79 Å². The number of thiazole rings is 1. The van der Waals surface area contributed by atoms with Crippen LogP contribution >= 0.6 is 11.3 Å². The largest absolute Gasteiger partial charge is 0.462 e. The van der Waals surface area contributed by atoms with Gasteiger partial charge in [0.1, 0.15) is 4.88 Å². The van der Waals surface area contributed by atoms with E-state index in [2.05, 4.69) is 10.1 Å². The lowest BCUT2D eigenvalue weighted by Crippen LogP contribution is -2.14. The zero-order valence-electron chi connectivity index (χ0n) is 11.2. The van der Waals surface area contributed by atoms with Crippen LogP contribution in [0.1, 0.15) is 32.8 Å². The Morgan fingerprint density at radius 1 is 1.55 bits per heavy atom. The molecule has 106 valence electrons. The Morgan fingerprint density at radius 2 is 2.30 bits per heavy atom. The Labute approximate surface area is 118 Å². The molecule has 0 fully saturated rings. The number of nitrogens with zero attached hydrogens (tertiary/aromatic N) is 3. The van der Waals surface area contributed by atoms with Crippen molar-refractivity contribution in [3.8, 4) is 0 Å². The molecule has 0 N–H and O–H groups in total. The number of hydrogen-bond donors (Lipinski definition) is 0. The summed E-state index contributed by atoms with van der Waals surface area (Å²) < 4.78 is 11.4. The van der Waals surface area contributed by atoms with E-state index in [9.17, 15) is 9.59 Å². The van der Waals surface area contributed by atoms with Crippen LogP contribution in [0.25, 0.3) is 0 Å². The zero-order chi connectivity index (χ0) is 14.7. The Morgan fingerprint density at radius 3 is 2.90 bits per heavy atom. The Kier molecular flexibility index (Phi) is 4.14. The molecule has 0 saturated carbocycles. The molecule has 2 heterocycles. The van der Waals surface area contributed by atoms with E-state index in [1.807, 2.05) is 0 Å². The number of hydrogen-bond acceptors (Lipinski definition) is 6. The SMILES string of the molecule is CCOC(=O)c1sc(=NC(=O)c2ccno2)n(C)c1C. The lowest BCUT2D eigenvalue weighted by Gasteiger charge is -2.00. The van der Waals surface area contributed by atoms with Gasteiger partial charge in [-0.1, -0.05) is 16.5 Å². The lowest BCUT2D eigenvalue weighted by molar-refractivity contribution is 0.0530. The number of aromatic nitrogens is 2. The van der Waals surface area contributed by atoms with Gasteiger partial charge < -0.3 is 13.8 Å². The first-order valence-corrected chi connectivity index (χ1v) is 6.69. The van der Waals surface area contributed by atoms with Crippen LogP contribution in [0.4, 0.5) is 0 Å². The molecule has 0 bridgehead atoms. The van der Waals surface area contributed by atoms with E-state index < -0.39 is 11.9 Å². The second-order valence-electron chi connectivity index (χ2n) is 3.87. The smallest absolute Gasteiger partial charge is 0.350 e. The monoisotopic (exact) mass is 295 g/mol. The summed E-state index contributed by atoms with van der Waals surface area (Å²) in [6.07, 6.45) is 1.37. The molecule has 2 aromatic heterocycles. The highest BCUT2D eigenvalue weighted by atomic mass is 32.1. The van der Waals surface area contributed by atoms with Crippen LogP contribution < -0.4 is 4.80 Å². The minimum Gasteiger partial charge on any atom is -0.462 e. The second kappa shape index (κ2) is 5.83. The average Bonchev–Trinajstić information content (AvgIpc) is 3.03. The number of amides is 1. The molecule has 0 saturated heterocycles. The van der Waals surface area contributed by atoms with Crippen LogP contribution in [0.5, 0.6) is 0 Å². The van der Waals surface area contributed by atoms with Gasteiger partial charge in [-0.15, -0.1) is 0 Å². The van der Waals surface area contributed by atoms with Gasteiger partial charge in [-0.05, 0) is 13.8 Å². The zero-order valence-corrected chi connectivity index (χ0v) is 12.1. The standard InChI is InChI=1S/C12H13N3O4S/c1-4-18-11(17)9-7(2)15(3)12(20-9)14-10(16)8-5-6-13-19-8/h5-6H,4H2,1-3H3. The molecule has 2 rings (SSSR count). The maximum atomic E-state index is 11.8. The van der Waals surface area contributed by atoms with Crippen LogP contribution in [0.15, 0.2) is 21.8 Å². The van der Waals surface area contributed by atoms with Gasteiger partial charge in [0, 0.05) is 18.8 Å².